The average Bonchev–Trinajstić information content (AvgIpc) is 2.57. The second-order valence-corrected chi connectivity index (χ2v) is 4.21. The summed E-state index contributed by atoms with van der Waals surface area (Å²) in [6.07, 6.45) is 2.39. The molecule has 0 amide bonds. The zero-order chi connectivity index (χ0) is 9.31. The second-order valence-electron chi connectivity index (χ2n) is 4.21. The van der Waals surface area contributed by atoms with Gasteiger partial charge in [-0.1, -0.05) is 0 Å². The van der Waals surface area contributed by atoms with E-state index in [1.54, 1.807) is 0 Å². The van der Waals surface area contributed by atoms with Gasteiger partial charge in [0.25, 0.3) is 0 Å². The largest absolute Gasteiger partial charge is 0.380 e. The van der Waals surface area contributed by atoms with Crippen molar-refractivity contribution in [1.82, 2.24) is 4.90 Å². The lowest BCUT2D eigenvalue weighted by molar-refractivity contribution is 0.0413. The number of ether oxygens (including phenoxy) is 1. The van der Waals surface area contributed by atoms with Crippen molar-refractivity contribution in [2.24, 2.45) is 0 Å². The first-order valence-electron chi connectivity index (χ1n) is 5.24. The third kappa shape index (κ3) is 1.59. The predicted molar refractivity (Wildman–Crippen MR) is 49.5 cm³/mol. The lowest BCUT2D eigenvalue weighted by Gasteiger charge is -2.30. The van der Waals surface area contributed by atoms with Crippen LogP contribution in [0.15, 0.2) is 0 Å². The Kier molecular flexibility index (Phi) is 2.56. The molecule has 13 heavy (non-hydrogen) atoms. The van der Waals surface area contributed by atoms with Crippen molar-refractivity contribution in [2.45, 2.75) is 37.9 Å². The minimum atomic E-state index is -0.624. The molecular formula is C10H18FNO. The molecule has 0 aromatic rings. The zero-order valence-corrected chi connectivity index (χ0v) is 8.26. The smallest absolute Gasteiger partial charge is 0.115 e. The molecule has 2 heterocycles. The third-order valence-electron chi connectivity index (χ3n) is 3.34. The summed E-state index contributed by atoms with van der Waals surface area (Å²) >= 11 is 0. The molecule has 0 aromatic heterocycles. The van der Waals surface area contributed by atoms with E-state index in [4.69, 9.17) is 4.74 Å². The number of halogens is 1. The molecule has 0 aromatic carbocycles. The Hall–Kier alpha value is -0.150. The standard InChI is InChI=1S/C10H18FNO/c1-2-13-8-10-4-3-5-12(10)7-9(11)6-10/h9H,2-8H2,1H3/t9-,10-/m0/s1. The van der Waals surface area contributed by atoms with Crippen molar-refractivity contribution in [3.63, 3.8) is 0 Å². The number of hydrogen-bond acceptors (Lipinski definition) is 2. The van der Waals surface area contributed by atoms with Crippen LogP contribution in [0, 0.1) is 0 Å². The van der Waals surface area contributed by atoms with Gasteiger partial charge in [-0.15, -0.1) is 0 Å². The van der Waals surface area contributed by atoms with Crippen LogP contribution in [-0.4, -0.2) is 42.9 Å². The molecule has 2 saturated heterocycles. The Balaban J connectivity index is 2.00. The summed E-state index contributed by atoms with van der Waals surface area (Å²) in [6.45, 7) is 5.16. The van der Waals surface area contributed by atoms with Crippen LogP contribution in [0.1, 0.15) is 26.2 Å². The number of rotatable bonds is 3. The Morgan fingerprint density at radius 3 is 3.23 bits per heavy atom. The molecule has 3 heteroatoms. The molecule has 0 saturated carbocycles. The van der Waals surface area contributed by atoms with E-state index in [1.165, 1.54) is 6.42 Å². The van der Waals surface area contributed by atoms with E-state index >= 15 is 0 Å². The average molecular weight is 187 g/mol. The number of nitrogens with zero attached hydrogens (tertiary/aromatic N) is 1. The molecule has 2 nitrogen and oxygen atoms in total. The first-order chi connectivity index (χ1) is 6.27. The van der Waals surface area contributed by atoms with E-state index in [2.05, 4.69) is 4.90 Å². The van der Waals surface area contributed by atoms with Gasteiger partial charge < -0.3 is 4.74 Å². The van der Waals surface area contributed by atoms with E-state index in [0.717, 1.165) is 26.2 Å². The first-order valence-corrected chi connectivity index (χ1v) is 5.24. The van der Waals surface area contributed by atoms with E-state index in [9.17, 15) is 4.39 Å². The molecule has 0 bridgehead atoms. The minimum absolute atomic E-state index is 0.0649. The monoisotopic (exact) mass is 187 g/mol. The Bertz CT molecular complexity index is 188. The van der Waals surface area contributed by atoms with Crippen molar-refractivity contribution in [2.75, 3.05) is 26.3 Å². The van der Waals surface area contributed by atoms with Crippen LogP contribution < -0.4 is 0 Å². The van der Waals surface area contributed by atoms with Crippen LogP contribution in [0.3, 0.4) is 0 Å². The van der Waals surface area contributed by atoms with Gasteiger partial charge in [0.15, 0.2) is 0 Å². The normalized spacial score (nSPS) is 39.7. The molecule has 2 rings (SSSR count). The minimum Gasteiger partial charge on any atom is -0.380 e. The maximum absolute atomic E-state index is 13.2. The van der Waals surface area contributed by atoms with Crippen molar-refractivity contribution < 1.29 is 9.13 Å². The summed E-state index contributed by atoms with van der Waals surface area (Å²) in [5.41, 5.74) is 0.0649. The van der Waals surface area contributed by atoms with Crippen molar-refractivity contribution in [3.05, 3.63) is 0 Å². The fourth-order valence-electron chi connectivity index (χ4n) is 2.74. The summed E-state index contributed by atoms with van der Waals surface area (Å²) in [6, 6.07) is 0. The van der Waals surface area contributed by atoms with E-state index in [-0.39, 0.29) is 5.54 Å². The van der Waals surface area contributed by atoms with Crippen LogP contribution in [0.25, 0.3) is 0 Å². The molecule has 0 spiro atoms. The van der Waals surface area contributed by atoms with Crippen LogP contribution in [0.4, 0.5) is 4.39 Å². The second kappa shape index (κ2) is 3.54. The van der Waals surface area contributed by atoms with Gasteiger partial charge >= 0.3 is 0 Å². The molecule has 0 aliphatic carbocycles. The molecule has 2 aliphatic heterocycles. The van der Waals surface area contributed by atoms with Crippen molar-refractivity contribution in [1.29, 1.82) is 0 Å². The fourth-order valence-corrected chi connectivity index (χ4v) is 2.74. The van der Waals surface area contributed by atoms with Gasteiger partial charge in [-0.2, -0.15) is 0 Å². The lowest BCUT2D eigenvalue weighted by Crippen LogP contribution is -2.42. The molecule has 2 aliphatic rings. The molecule has 2 fully saturated rings. The van der Waals surface area contributed by atoms with Gasteiger partial charge in [-0.25, -0.2) is 4.39 Å². The number of fused-ring (bicyclic) bond motifs is 1. The van der Waals surface area contributed by atoms with Gasteiger partial charge in [0.05, 0.1) is 6.61 Å². The molecular weight excluding hydrogens is 169 g/mol. The van der Waals surface area contributed by atoms with Gasteiger partial charge in [-0.3, -0.25) is 4.90 Å². The number of alkyl halides is 1. The van der Waals surface area contributed by atoms with Gasteiger partial charge in [0.2, 0.25) is 0 Å². The van der Waals surface area contributed by atoms with Gasteiger partial charge in [0, 0.05) is 25.1 Å². The van der Waals surface area contributed by atoms with E-state index < -0.39 is 6.17 Å². The van der Waals surface area contributed by atoms with E-state index in [0.29, 0.717) is 13.0 Å². The zero-order valence-electron chi connectivity index (χ0n) is 8.26. The van der Waals surface area contributed by atoms with E-state index in [1.807, 2.05) is 6.92 Å². The maximum atomic E-state index is 13.2. The summed E-state index contributed by atoms with van der Waals surface area (Å²) in [5.74, 6) is 0. The lowest BCUT2D eigenvalue weighted by atomic mass is 9.95. The summed E-state index contributed by atoms with van der Waals surface area (Å²) in [7, 11) is 0. The summed E-state index contributed by atoms with van der Waals surface area (Å²) < 4.78 is 18.7. The molecule has 0 N–H and O–H groups in total. The SMILES string of the molecule is CCOC[C@@]12CCCN1C[C@@H](F)C2. The summed E-state index contributed by atoms with van der Waals surface area (Å²) in [5, 5.41) is 0. The first kappa shape index (κ1) is 9.41. The van der Waals surface area contributed by atoms with Crippen molar-refractivity contribution >= 4 is 0 Å². The van der Waals surface area contributed by atoms with Gasteiger partial charge in [0.1, 0.15) is 6.17 Å². The molecule has 0 unspecified atom stereocenters. The number of hydrogen-bond donors (Lipinski definition) is 0. The third-order valence-corrected chi connectivity index (χ3v) is 3.34. The Morgan fingerprint density at radius 2 is 2.46 bits per heavy atom. The van der Waals surface area contributed by atoms with Crippen LogP contribution in [-0.2, 0) is 4.74 Å². The quantitative estimate of drug-likeness (QED) is 0.665. The van der Waals surface area contributed by atoms with Crippen molar-refractivity contribution in [3.8, 4) is 0 Å². The predicted octanol–water partition coefficient (Wildman–Crippen LogP) is 1.60. The Labute approximate surface area is 79.1 Å². The molecule has 0 radical (unpaired) electrons. The van der Waals surface area contributed by atoms with Gasteiger partial charge in [-0.05, 0) is 26.3 Å². The highest BCUT2D eigenvalue weighted by atomic mass is 19.1. The maximum Gasteiger partial charge on any atom is 0.115 e. The topological polar surface area (TPSA) is 12.5 Å². The van der Waals surface area contributed by atoms with Crippen LogP contribution in [0.5, 0.6) is 0 Å². The highest BCUT2D eigenvalue weighted by Crippen LogP contribution is 2.40. The fraction of sp³-hybridized carbons (Fsp3) is 1.00. The van der Waals surface area contributed by atoms with Crippen LogP contribution in [0.2, 0.25) is 0 Å². The molecule has 2 atom stereocenters. The highest BCUT2D eigenvalue weighted by Gasteiger charge is 2.48. The molecule has 76 valence electrons. The van der Waals surface area contributed by atoms with Crippen LogP contribution >= 0.6 is 0 Å². The highest BCUT2D eigenvalue weighted by molar-refractivity contribution is 5.03. The summed E-state index contributed by atoms with van der Waals surface area (Å²) in [4.78, 5) is 2.29. The Morgan fingerprint density at radius 1 is 1.62 bits per heavy atom.